The fourth-order valence-electron chi connectivity index (χ4n) is 4.75. The van der Waals surface area contributed by atoms with Gasteiger partial charge in [0.1, 0.15) is 23.0 Å². The predicted molar refractivity (Wildman–Crippen MR) is 142 cm³/mol. The molecule has 2 N–H and O–H groups in total. The lowest BCUT2D eigenvalue weighted by molar-refractivity contribution is -0.136. The minimum atomic E-state index is -0.822. The molecule has 4 aromatic rings. The molecule has 0 aliphatic rings. The maximum Gasteiger partial charge on any atom is 0.303 e. The van der Waals surface area contributed by atoms with Crippen molar-refractivity contribution in [2.24, 2.45) is 7.05 Å². The Balaban J connectivity index is 1.53. The largest absolute Gasteiger partial charge is 0.481 e. The zero-order valence-corrected chi connectivity index (χ0v) is 21.7. The number of amides is 1. The summed E-state index contributed by atoms with van der Waals surface area (Å²) in [6.45, 7) is 7.64. The van der Waals surface area contributed by atoms with Crippen LogP contribution in [-0.4, -0.2) is 21.6 Å². The highest BCUT2D eigenvalue weighted by Crippen LogP contribution is 2.29. The van der Waals surface area contributed by atoms with E-state index in [4.69, 9.17) is 9.84 Å². The molecule has 0 saturated heterocycles. The smallest absolute Gasteiger partial charge is 0.303 e. The van der Waals surface area contributed by atoms with Gasteiger partial charge in [0.25, 0.3) is 5.91 Å². The number of rotatable bonds is 8. The molecule has 7 heteroatoms. The first-order valence-electron chi connectivity index (χ1n) is 12.2. The van der Waals surface area contributed by atoms with Gasteiger partial charge in [-0.05, 0) is 104 Å². The number of nitrogens with one attached hydrogen (secondary N) is 1. The molecule has 1 atom stereocenters. The number of carboxylic acids is 1. The van der Waals surface area contributed by atoms with Gasteiger partial charge >= 0.3 is 5.97 Å². The Labute approximate surface area is 215 Å². The van der Waals surface area contributed by atoms with E-state index in [1.54, 1.807) is 17.7 Å². The quantitative estimate of drug-likeness (QED) is 0.287. The van der Waals surface area contributed by atoms with Crippen LogP contribution < -0.4 is 10.1 Å². The fraction of sp³-hybridized carbons (Fsp3) is 0.267. The van der Waals surface area contributed by atoms with Crippen molar-refractivity contribution in [1.82, 2.24) is 9.88 Å². The minimum absolute atomic E-state index is 0.0844. The van der Waals surface area contributed by atoms with Gasteiger partial charge in [0, 0.05) is 24.4 Å². The summed E-state index contributed by atoms with van der Waals surface area (Å²) >= 11 is 0. The highest BCUT2D eigenvalue weighted by atomic mass is 19.1. The average Bonchev–Trinajstić information content (AvgIpc) is 3.07. The third kappa shape index (κ3) is 5.66. The van der Waals surface area contributed by atoms with Crippen LogP contribution in [0.3, 0.4) is 0 Å². The van der Waals surface area contributed by atoms with Gasteiger partial charge < -0.3 is 19.7 Å². The third-order valence-electron chi connectivity index (χ3n) is 6.71. The highest BCUT2D eigenvalue weighted by molar-refractivity contribution is 6.01. The van der Waals surface area contributed by atoms with Crippen molar-refractivity contribution in [3.05, 3.63) is 93.9 Å². The summed E-state index contributed by atoms with van der Waals surface area (Å²) in [5.74, 6) is -0.0922. The number of benzene rings is 3. The zero-order valence-electron chi connectivity index (χ0n) is 21.7. The highest BCUT2D eigenvalue weighted by Gasteiger charge is 2.21. The predicted octanol–water partition coefficient (Wildman–Crippen LogP) is 6.54. The van der Waals surface area contributed by atoms with E-state index in [1.165, 1.54) is 12.1 Å². The first-order chi connectivity index (χ1) is 17.5. The number of carbonyl (C=O) groups is 2. The molecule has 0 unspecified atom stereocenters. The van der Waals surface area contributed by atoms with Gasteiger partial charge in [-0.25, -0.2) is 4.39 Å². The second kappa shape index (κ2) is 10.5. The van der Waals surface area contributed by atoms with E-state index < -0.39 is 5.97 Å². The molecule has 4 rings (SSSR count). The summed E-state index contributed by atoms with van der Waals surface area (Å²) in [7, 11) is 1.81. The van der Waals surface area contributed by atoms with Crippen LogP contribution in [-0.2, 0) is 18.3 Å². The summed E-state index contributed by atoms with van der Waals surface area (Å²) < 4.78 is 21.7. The molecule has 0 bridgehead atoms. The minimum Gasteiger partial charge on any atom is -0.481 e. The number of hydrogen-bond acceptors (Lipinski definition) is 3. The van der Waals surface area contributed by atoms with Crippen molar-refractivity contribution in [2.45, 2.75) is 46.6 Å². The second-order valence-electron chi connectivity index (χ2n) is 9.55. The average molecular weight is 503 g/mol. The Hall–Kier alpha value is -4.13. The Morgan fingerprint density at radius 1 is 1.03 bits per heavy atom. The van der Waals surface area contributed by atoms with Gasteiger partial charge in [-0.1, -0.05) is 12.1 Å². The molecule has 1 heterocycles. The molecule has 37 heavy (non-hydrogen) atoms. The van der Waals surface area contributed by atoms with Crippen LogP contribution in [0.2, 0.25) is 0 Å². The molecule has 1 aromatic heterocycles. The maximum atomic E-state index is 13.8. The van der Waals surface area contributed by atoms with Crippen molar-refractivity contribution in [3.63, 3.8) is 0 Å². The van der Waals surface area contributed by atoms with Crippen LogP contribution in [0.1, 0.15) is 57.7 Å². The Morgan fingerprint density at radius 2 is 1.78 bits per heavy atom. The molecule has 0 aliphatic carbocycles. The SMILES string of the molecule is Cc1cc(Oc2ccc(CCC(=O)O)c(C)c2)cc([C@@H](C)NC(=O)c2c(C)c3cc(F)ccc3n2C)c1. The molecule has 0 spiro atoms. The van der Waals surface area contributed by atoms with Gasteiger partial charge in [0.2, 0.25) is 0 Å². The number of aryl methyl sites for hydroxylation is 5. The summed E-state index contributed by atoms with van der Waals surface area (Å²) in [6, 6.07) is 15.7. The Kier molecular flexibility index (Phi) is 7.34. The monoisotopic (exact) mass is 502 g/mol. The van der Waals surface area contributed by atoms with E-state index in [2.05, 4.69) is 5.32 Å². The van der Waals surface area contributed by atoms with Crippen molar-refractivity contribution < 1.29 is 23.8 Å². The van der Waals surface area contributed by atoms with E-state index in [1.807, 2.05) is 64.1 Å². The van der Waals surface area contributed by atoms with E-state index in [0.717, 1.165) is 38.7 Å². The first-order valence-corrected chi connectivity index (χ1v) is 12.2. The molecule has 0 radical (unpaired) electrons. The first kappa shape index (κ1) is 25.9. The molecule has 192 valence electrons. The molecular formula is C30H31FN2O4. The zero-order chi connectivity index (χ0) is 26.9. The van der Waals surface area contributed by atoms with Gasteiger partial charge in [-0.15, -0.1) is 0 Å². The van der Waals surface area contributed by atoms with Gasteiger partial charge in [0.05, 0.1) is 6.04 Å². The van der Waals surface area contributed by atoms with Crippen LogP contribution in [0.25, 0.3) is 10.9 Å². The number of halogens is 1. The van der Waals surface area contributed by atoms with Crippen molar-refractivity contribution in [3.8, 4) is 11.5 Å². The van der Waals surface area contributed by atoms with Gasteiger partial charge in [-0.3, -0.25) is 9.59 Å². The van der Waals surface area contributed by atoms with E-state index >= 15 is 0 Å². The van der Waals surface area contributed by atoms with Crippen LogP contribution in [0.5, 0.6) is 11.5 Å². The maximum absolute atomic E-state index is 13.8. The van der Waals surface area contributed by atoms with E-state index in [-0.39, 0.29) is 24.2 Å². The van der Waals surface area contributed by atoms with Crippen molar-refractivity contribution in [2.75, 3.05) is 0 Å². The molecular weight excluding hydrogens is 471 g/mol. The lowest BCUT2D eigenvalue weighted by atomic mass is 10.0. The molecule has 0 saturated carbocycles. The number of hydrogen-bond donors (Lipinski definition) is 2. The number of carbonyl (C=O) groups excluding carboxylic acids is 1. The molecule has 1 amide bonds. The van der Waals surface area contributed by atoms with E-state index in [9.17, 15) is 14.0 Å². The molecule has 3 aromatic carbocycles. The number of aliphatic carboxylic acids is 1. The molecule has 0 aliphatic heterocycles. The Bertz CT molecular complexity index is 1510. The Morgan fingerprint density at radius 3 is 2.49 bits per heavy atom. The third-order valence-corrected chi connectivity index (χ3v) is 6.71. The normalized spacial score (nSPS) is 11.9. The van der Waals surface area contributed by atoms with Gasteiger partial charge in [0.15, 0.2) is 0 Å². The number of carboxylic acid groups (broad SMARTS) is 1. The van der Waals surface area contributed by atoms with E-state index in [0.29, 0.717) is 23.6 Å². The van der Waals surface area contributed by atoms with Crippen molar-refractivity contribution in [1.29, 1.82) is 0 Å². The number of fused-ring (bicyclic) bond motifs is 1. The topological polar surface area (TPSA) is 80.6 Å². The lowest BCUT2D eigenvalue weighted by Crippen LogP contribution is -2.29. The van der Waals surface area contributed by atoms with Crippen LogP contribution in [0.15, 0.2) is 54.6 Å². The summed E-state index contributed by atoms with van der Waals surface area (Å²) in [5.41, 5.74) is 5.85. The van der Waals surface area contributed by atoms with Crippen LogP contribution in [0.4, 0.5) is 4.39 Å². The van der Waals surface area contributed by atoms with Gasteiger partial charge in [-0.2, -0.15) is 0 Å². The molecule has 6 nitrogen and oxygen atoms in total. The number of aromatic nitrogens is 1. The summed E-state index contributed by atoms with van der Waals surface area (Å²) in [5, 5.41) is 12.7. The molecule has 0 fully saturated rings. The van der Waals surface area contributed by atoms with Crippen LogP contribution in [0, 0.1) is 26.6 Å². The fourth-order valence-corrected chi connectivity index (χ4v) is 4.75. The van der Waals surface area contributed by atoms with Crippen LogP contribution >= 0.6 is 0 Å². The number of nitrogens with zero attached hydrogens (tertiary/aromatic N) is 1. The standard InChI is InChI=1S/C30H31FN2O4/c1-17-12-22(15-25(13-17)37-24-9-6-21(18(2)14-24)7-11-28(34)35)20(4)32-30(36)29-19(3)26-16-23(31)8-10-27(26)33(29)5/h6,8-10,12-16,20H,7,11H2,1-5H3,(H,32,36)(H,34,35)/t20-/m1/s1. The van der Waals surface area contributed by atoms with Crippen molar-refractivity contribution >= 4 is 22.8 Å². The lowest BCUT2D eigenvalue weighted by Gasteiger charge is -2.18. The summed E-state index contributed by atoms with van der Waals surface area (Å²) in [6.07, 6.45) is 0.555. The summed E-state index contributed by atoms with van der Waals surface area (Å²) in [4.78, 5) is 24.1. The number of ether oxygens (including phenoxy) is 1. The second-order valence-corrected chi connectivity index (χ2v) is 9.55.